The molecule has 4 rings (SSSR count). The van der Waals surface area contributed by atoms with Crippen molar-refractivity contribution >= 4 is 33.9 Å². The average Bonchev–Trinajstić information content (AvgIpc) is 3.15. The molecule has 0 amide bonds. The van der Waals surface area contributed by atoms with E-state index in [4.69, 9.17) is 14.1 Å². The zero-order chi connectivity index (χ0) is 20.9. The largest absolute Gasteiger partial charge is 0.496 e. The van der Waals surface area contributed by atoms with Crippen LogP contribution in [0.3, 0.4) is 0 Å². The Balaban J connectivity index is 1.60. The molecular weight excluding hydrogens is 422 g/mol. The summed E-state index contributed by atoms with van der Waals surface area (Å²) in [6.45, 7) is 1.89. The number of imidazole rings is 1. The Morgan fingerprint density at radius 3 is 2.63 bits per heavy atom. The van der Waals surface area contributed by atoms with Gasteiger partial charge in [-0.3, -0.25) is 9.19 Å². The second-order valence-corrected chi connectivity index (χ2v) is 8.41. The summed E-state index contributed by atoms with van der Waals surface area (Å²) in [5, 5.41) is 0.244. The molecule has 0 aliphatic carbocycles. The zero-order valence-electron chi connectivity index (χ0n) is 16.3. The van der Waals surface area contributed by atoms with Gasteiger partial charge in [-0.15, -0.1) is 4.73 Å². The maximum absolute atomic E-state index is 13.2. The molecule has 0 saturated heterocycles. The Bertz CT molecular complexity index is 1180. The molecule has 0 aliphatic rings. The van der Waals surface area contributed by atoms with Gasteiger partial charge in [0.15, 0.2) is 0 Å². The van der Waals surface area contributed by atoms with Crippen LogP contribution in [-0.4, -0.2) is 26.0 Å². The molecule has 1 unspecified atom stereocenters. The van der Waals surface area contributed by atoms with E-state index in [0.29, 0.717) is 22.5 Å². The van der Waals surface area contributed by atoms with Crippen LogP contribution in [0.25, 0.3) is 11.0 Å². The SMILES string of the molecule is COc1ccnc(CS(=O)c2nc3ccccc3n2OOSc2ccccc2)c1C. The van der Waals surface area contributed by atoms with Crippen molar-refractivity contribution < 1.29 is 18.3 Å². The molecule has 7 nitrogen and oxygen atoms in total. The molecule has 154 valence electrons. The Morgan fingerprint density at radius 1 is 1.07 bits per heavy atom. The zero-order valence-corrected chi connectivity index (χ0v) is 18.0. The lowest BCUT2D eigenvalue weighted by Crippen LogP contribution is -2.15. The van der Waals surface area contributed by atoms with Crippen LogP contribution in [-0.2, 0) is 20.9 Å². The standard InChI is InChI=1S/C21H19N3O4S2/c1-15-18(22-13-12-20(15)26-2)14-30(25)21-23-17-10-6-7-11-19(17)24(21)27-28-29-16-8-4-3-5-9-16/h3-13H,14H2,1-2H3. The number of fused-ring (bicyclic) bond motifs is 1. The lowest BCUT2D eigenvalue weighted by Gasteiger charge is -2.10. The molecule has 0 fully saturated rings. The van der Waals surface area contributed by atoms with Gasteiger partial charge in [-0.2, -0.15) is 0 Å². The number of methoxy groups -OCH3 is 1. The third kappa shape index (κ3) is 4.33. The first kappa shape index (κ1) is 20.4. The van der Waals surface area contributed by atoms with Gasteiger partial charge in [0, 0.05) is 16.7 Å². The molecule has 0 N–H and O–H groups in total. The third-order valence-corrected chi connectivity index (χ3v) is 6.21. The van der Waals surface area contributed by atoms with Crippen molar-refractivity contribution in [1.29, 1.82) is 0 Å². The van der Waals surface area contributed by atoms with Gasteiger partial charge in [0.25, 0.3) is 0 Å². The second-order valence-electron chi connectivity index (χ2n) is 6.29. The van der Waals surface area contributed by atoms with Gasteiger partial charge in [0.2, 0.25) is 5.16 Å². The summed E-state index contributed by atoms with van der Waals surface area (Å²) >= 11 is 1.06. The van der Waals surface area contributed by atoms with E-state index in [2.05, 4.69) is 9.97 Å². The van der Waals surface area contributed by atoms with E-state index < -0.39 is 10.8 Å². The molecule has 0 spiro atoms. The van der Waals surface area contributed by atoms with Gasteiger partial charge in [-0.25, -0.2) is 9.97 Å². The minimum absolute atomic E-state index is 0.168. The summed E-state index contributed by atoms with van der Waals surface area (Å²) < 4.78 is 25.2. The van der Waals surface area contributed by atoms with Crippen molar-refractivity contribution in [2.24, 2.45) is 0 Å². The van der Waals surface area contributed by atoms with Crippen LogP contribution in [0.4, 0.5) is 0 Å². The molecule has 0 bridgehead atoms. The Kier molecular flexibility index (Phi) is 6.32. The first-order valence-electron chi connectivity index (χ1n) is 9.08. The number of pyridine rings is 1. The number of rotatable bonds is 8. The van der Waals surface area contributed by atoms with E-state index in [9.17, 15) is 4.21 Å². The normalized spacial score (nSPS) is 12.1. The fraction of sp³-hybridized carbons (Fsp3) is 0.143. The first-order chi connectivity index (χ1) is 14.7. The van der Waals surface area contributed by atoms with Gasteiger partial charge in [0.1, 0.15) is 11.3 Å². The summed E-state index contributed by atoms with van der Waals surface area (Å²) in [5.41, 5.74) is 2.83. The summed E-state index contributed by atoms with van der Waals surface area (Å²) in [7, 11) is 0.0678. The Labute approximate surface area is 180 Å². The van der Waals surface area contributed by atoms with E-state index in [1.165, 1.54) is 4.73 Å². The van der Waals surface area contributed by atoms with Gasteiger partial charge in [-0.1, -0.05) is 34.7 Å². The highest BCUT2D eigenvalue weighted by Crippen LogP contribution is 2.24. The smallest absolute Gasteiger partial charge is 0.238 e. The van der Waals surface area contributed by atoms with Crippen molar-refractivity contribution in [2.45, 2.75) is 22.7 Å². The van der Waals surface area contributed by atoms with Crippen LogP contribution in [0.1, 0.15) is 11.3 Å². The number of hydrogen-bond donors (Lipinski definition) is 0. The van der Waals surface area contributed by atoms with Gasteiger partial charge in [0.05, 0.1) is 46.9 Å². The van der Waals surface area contributed by atoms with Crippen LogP contribution in [0, 0.1) is 6.92 Å². The molecule has 9 heteroatoms. The molecule has 0 saturated carbocycles. The van der Waals surface area contributed by atoms with E-state index in [0.717, 1.165) is 22.5 Å². The van der Waals surface area contributed by atoms with Crippen LogP contribution < -0.4 is 9.73 Å². The topological polar surface area (TPSA) is 75.5 Å². The molecule has 2 heterocycles. The van der Waals surface area contributed by atoms with Gasteiger partial charge >= 0.3 is 0 Å². The highest BCUT2D eigenvalue weighted by atomic mass is 32.2. The molecule has 4 aromatic rings. The summed E-state index contributed by atoms with van der Waals surface area (Å²) in [6.07, 6.45) is 1.64. The summed E-state index contributed by atoms with van der Waals surface area (Å²) in [4.78, 5) is 15.2. The van der Waals surface area contributed by atoms with Crippen molar-refractivity contribution in [3.8, 4) is 5.75 Å². The number of hydrogen-bond acceptors (Lipinski definition) is 7. The van der Waals surface area contributed by atoms with Crippen molar-refractivity contribution in [1.82, 2.24) is 14.7 Å². The maximum atomic E-state index is 13.2. The highest BCUT2D eigenvalue weighted by molar-refractivity contribution is 7.94. The van der Waals surface area contributed by atoms with Crippen LogP contribution in [0.2, 0.25) is 0 Å². The van der Waals surface area contributed by atoms with Crippen molar-refractivity contribution in [3.05, 3.63) is 78.1 Å². The molecule has 0 radical (unpaired) electrons. The van der Waals surface area contributed by atoms with Crippen LogP contribution >= 0.6 is 12.0 Å². The average molecular weight is 442 g/mol. The monoisotopic (exact) mass is 441 g/mol. The molecule has 0 aliphatic heterocycles. The van der Waals surface area contributed by atoms with E-state index in [1.807, 2.05) is 61.5 Å². The van der Waals surface area contributed by atoms with E-state index >= 15 is 0 Å². The fourth-order valence-electron chi connectivity index (χ4n) is 2.87. The Morgan fingerprint density at radius 2 is 1.83 bits per heavy atom. The molecule has 2 aromatic heterocycles. The van der Waals surface area contributed by atoms with E-state index in [1.54, 1.807) is 19.4 Å². The maximum Gasteiger partial charge on any atom is 0.238 e. The van der Waals surface area contributed by atoms with Gasteiger partial charge < -0.3 is 4.74 Å². The highest BCUT2D eigenvalue weighted by Gasteiger charge is 2.21. The quantitative estimate of drug-likeness (QED) is 0.231. The number of ether oxygens (including phenoxy) is 1. The minimum Gasteiger partial charge on any atom is -0.496 e. The van der Waals surface area contributed by atoms with Crippen molar-refractivity contribution in [3.63, 3.8) is 0 Å². The Hall–Kier alpha value is -2.88. The molecular formula is C21H19N3O4S2. The summed E-state index contributed by atoms with van der Waals surface area (Å²) in [6, 6.07) is 18.7. The minimum atomic E-state index is -1.53. The van der Waals surface area contributed by atoms with Crippen LogP contribution in [0.15, 0.2) is 76.9 Å². The van der Waals surface area contributed by atoms with Crippen molar-refractivity contribution in [2.75, 3.05) is 7.11 Å². The lowest BCUT2D eigenvalue weighted by molar-refractivity contribution is -0.197. The fourth-order valence-corrected chi connectivity index (χ4v) is 4.49. The number of nitrogens with zero attached hydrogens (tertiary/aromatic N) is 3. The lowest BCUT2D eigenvalue weighted by atomic mass is 10.2. The molecule has 1 atom stereocenters. The predicted molar refractivity (Wildman–Crippen MR) is 115 cm³/mol. The molecule has 2 aromatic carbocycles. The predicted octanol–water partition coefficient (Wildman–Crippen LogP) is 4.12. The molecule has 30 heavy (non-hydrogen) atoms. The number of para-hydroxylation sites is 2. The van der Waals surface area contributed by atoms with Crippen LogP contribution in [0.5, 0.6) is 5.75 Å². The third-order valence-electron chi connectivity index (χ3n) is 4.42. The first-order valence-corrected chi connectivity index (χ1v) is 11.1. The number of benzene rings is 2. The van der Waals surface area contributed by atoms with Gasteiger partial charge in [-0.05, 0) is 37.3 Å². The number of aromatic nitrogens is 3. The van der Waals surface area contributed by atoms with E-state index in [-0.39, 0.29) is 10.9 Å². The summed E-state index contributed by atoms with van der Waals surface area (Å²) in [5.74, 6) is 0.867. The second kappa shape index (κ2) is 9.29.